The molecule has 6 heteroatoms. The molecule has 0 bridgehead atoms. The maximum atomic E-state index is 10.5. The van der Waals surface area contributed by atoms with Crippen molar-refractivity contribution in [3.63, 3.8) is 0 Å². The van der Waals surface area contributed by atoms with E-state index in [9.17, 15) is 4.79 Å². The molecule has 0 radical (unpaired) electrons. The van der Waals surface area contributed by atoms with Crippen LogP contribution in [0.5, 0.6) is 5.75 Å². The number of carboxylic acid groups (broad SMARTS) is 1. The normalized spacial score (nSPS) is 10.1. The average molecular weight is 172 g/mol. The molecule has 3 N–H and O–H groups in total. The molecule has 66 valence electrons. The summed E-state index contributed by atoms with van der Waals surface area (Å²) < 4.78 is 1.03. The second-order valence-electron chi connectivity index (χ2n) is 2.13. The van der Waals surface area contributed by atoms with Crippen LogP contribution >= 0.6 is 0 Å². The Hall–Kier alpha value is -1.56. The molecule has 1 aromatic heterocycles. The predicted molar refractivity (Wildman–Crippen MR) is 37.9 cm³/mol. The second-order valence-corrected chi connectivity index (χ2v) is 2.13. The van der Waals surface area contributed by atoms with Crippen molar-refractivity contribution in [2.24, 2.45) is 0 Å². The van der Waals surface area contributed by atoms with Gasteiger partial charge in [0.15, 0.2) is 11.4 Å². The van der Waals surface area contributed by atoms with Crippen molar-refractivity contribution >= 4 is 5.97 Å². The van der Waals surface area contributed by atoms with Crippen LogP contribution in [-0.2, 0) is 6.54 Å². The number of hydrogen-bond acceptors (Lipinski definition) is 4. The Labute approximate surface area is 67.7 Å². The third kappa shape index (κ3) is 1.37. The van der Waals surface area contributed by atoms with Gasteiger partial charge in [0.25, 0.3) is 0 Å². The molecule has 1 heterocycles. The summed E-state index contributed by atoms with van der Waals surface area (Å²) in [5.41, 5.74) is -0.302. The molecule has 0 spiro atoms. The maximum Gasteiger partial charge on any atom is 0.358 e. The molecular formula is C6H8N2O4. The van der Waals surface area contributed by atoms with Crippen molar-refractivity contribution in [1.29, 1.82) is 0 Å². The second kappa shape index (κ2) is 3.22. The molecule has 0 saturated heterocycles. The lowest BCUT2D eigenvalue weighted by molar-refractivity contribution is 0.0678. The Morgan fingerprint density at radius 3 is 2.83 bits per heavy atom. The monoisotopic (exact) mass is 172 g/mol. The van der Waals surface area contributed by atoms with Crippen LogP contribution in [0.25, 0.3) is 0 Å². The number of aromatic hydroxyl groups is 1. The van der Waals surface area contributed by atoms with Crippen LogP contribution in [0.15, 0.2) is 6.20 Å². The highest BCUT2D eigenvalue weighted by Gasteiger charge is 2.16. The van der Waals surface area contributed by atoms with Crippen LogP contribution in [0.4, 0.5) is 0 Å². The van der Waals surface area contributed by atoms with Gasteiger partial charge in [-0.2, -0.15) is 5.10 Å². The Bertz CT molecular complexity index is 294. The van der Waals surface area contributed by atoms with Crippen LogP contribution in [0, 0.1) is 0 Å². The van der Waals surface area contributed by atoms with Gasteiger partial charge in [0.05, 0.1) is 19.3 Å². The minimum absolute atomic E-state index is 0.0577. The first-order valence-electron chi connectivity index (χ1n) is 3.25. The topological polar surface area (TPSA) is 95.6 Å². The number of aromatic carboxylic acids is 1. The maximum absolute atomic E-state index is 10.5. The summed E-state index contributed by atoms with van der Waals surface area (Å²) in [6.45, 7) is -0.163. The van der Waals surface area contributed by atoms with E-state index in [0.717, 1.165) is 10.9 Å². The lowest BCUT2D eigenvalue weighted by Crippen LogP contribution is -2.12. The van der Waals surface area contributed by atoms with E-state index in [0.29, 0.717) is 0 Å². The first-order chi connectivity index (χ1) is 5.66. The minimum Gasteiger partial charge on any atom is -0.504 e. The van der Waals surface area contributed by atoms with E-state index >= 15 is 0 Å². The van der Waals surface area contributed by atoms with E-state index in [1.54, 1.807) is 0 Å². The number of aliphatic hydroxyl groups excluding tert-OH is 1. The van der Waals surface area contributed by atoms with Crippen molar-refractivity contribution < 1.29 is 20.1 Å². The van der Waals surface area contributed by atoms with Gasteiger partial charge in [0, 0.05) is 0 Å². The molecule has 0 aromatic carbocycles. The molecule has 0 aliphatic carbocycles. The Kier molecular flexibility index (Phi) is 2.29. The molecule has 0 amide bonds. The third-order valence-corrected chi connectivity index (χ3v) is 1.33. The fourth-order valence-corrected chi connectivity index (χ4v) is 0.860. The Morgan fingerprint density at radius 1 is 1.67 bits per heavy atom. The van der Waals surface area contributed by atoms with Crippen LogP contribution in [0.1, 0.15) is 10.5 Å². The van der Waals surface area contributed by atoms with E-state index in [4.69, 9.17) is 15.3 Å². The average Bonchev–Trinajstić information content (AvgIpc) is 2.32. The third-order valence-electron chi connectivity index (χ3n) is 1.33. The van der Waals surface area contributed by atoms with Crippen LogP contribution in [0.3, 0.4) is 0 Å². The van der Waals surface area contributed by atoms with Crippen molar-refractivity contribution in [3.8, 4) is 5.75 Å². The zero-order valence-corrected chi connectivity index (χ0v) is 6.14. The number of carboxylic acids is 1. The fourth-order valence-electron chi connectivity index (χ4n) is 0.860. The van der Waals surface area contributed by atoms with Crippen molar-refractivity contribution in [2.45, 2.75) is 6.54 Å². The number of carbonyl (C=O) groups is 1. The molecule has 0 fully saturated rings. The number of nitrogens with zero attached hydrogens (tertiary/aromatic N) is 2. The predicted octanol–water partition coefficient (Wildman–Crippen LogP) is -0.721. The van der Waals surface area contributed by atoms with Gasteiger partial charge < -0.3 is 15.3 Å². The summed E-state index contributed by atoms with van der Waals surface area (Å²) in [5.74, 6) is -1.66. The standard InChI is InChI=1S/C6H8N2O4/c9-2-1-8-5(6(11)12)4(10)3-7-8/h3,9-10H,1-2H2,(H,11,12). The van der Waals surface area contributed by atoms with Gasteiger partial charge in [-0.15, -0.1) is 0 Å². The van der Waals surface area contributed by atoms with E-state index < -0.39 is 11.7 Å². The van der Waals surface area contributed by atoms with Crippen molar-refractivity contribution in [2.75, 3.05) is 6.61 Å². The quantitative estimate of drug-likeness (QED) is 0.559. The largest absolute Gasteiger partial charge is 0.504 e. The molecule has 12 heavy (non-hydrogen) atoms. The lowest BCUT2D eigenvalue weighted by atomic mass is 10.4. The van der Waals surface area contributed by atoms with E-state index in [1.807, 2.05) is 0 Å². The number of aromatic nitrogens is 2. The van der Waals surface area contributed by atoms with E-state index in [-0.39, 0.29) is 18.8 Å². The number of aliphatic hydroxyl groups is 1. The van der Waals surface area contributed by atoms with E-state index in [1.165, 1.54) is 0 Å². The molecular weight excluding hydrogens is 164 g/mol. The van der Waals surface area contributed by atoms with Gasteiger partial charge in [0.1, 0.15) is 0 Å². The van der Waals surface area contributed by atoms with Crippen LogP contribution < -0.4 is 0 Å². The SMILES string of the molecule is O=C(O)c1c(O)cnn1CCO. The van der Waals surface area contributed by atoms with Gasteiger partial charge in [-0.25, -0.2) is 4.79 Å². The smallest absolute Gasteiger partial charge is 0.358 e. The van der Waals surface area contributed by atoms with Crippen LogP contribution in [0.2, 0.25) is 0 Å². The molecule has 0 atom stereocenters. The summed E-state index contributed by atoms with van der Waals surface area (Å²) in [7, 11) is 0. The minimum atomic E-state index is -1.27. The zero-order chi connectivity index (χ0) is 9.14. The highest BCUT2D eigenvalue weighted by molar-refractivity contribution is 5.88. The van der Waals surface area contributed by atoms with Gasteiger partial charge in [0.2, 0.25) is 0 Å². The summed E-state index contributed by atoms with van der Waals surface area (Å²) >= 11 is 0. The molecule has 0 saturated carbocycles. The lowest BCUT2D eigenvalue weighted by Gasteiger charge is -2.00. The molecule has 6 nitrogen and oxygen atoms in total. The van der Waals surface area contributed by atoms with Crippen molar-refractivity contribution in [1.82, 2.24) is 9.78 Å². The van der Waals surface area contributed by atoms with Crippen LogP contribution in [-0.4, -0.2) is 37.7 Å². The summed E-state index contributed by atoms with van der Waals surface area (Å²) in [4.78, 5) is 10.5. The Balaban J connectivity index is 3.04. The van der Waals surface area contributed by atoms with Gasteiger partial charge in [-0.3, -0.25) is 4.68 Å². The molecule has 1 rings (SSSR count). The highest BCUT2D eigenvalue weighted by atomic mass is 16.4. The van der Waals surface area contributed by atoms with Crippen molar-refractivity contribution in [3.05, 3.63) is 11.9 Å². The first-order valence-corrected chi connectivity index (χ1v) is 3.25. The fraction of sp³-hybridized carbons (Fsp3) is 0.333. The molecule has 0 unspecified atom stereocenters. The number of rotatable bonds is 3. The molecule has 0 aliphatic rings. The highest BCUT2D eigenvalue weighted by Crippen LogP contribution is 2.14. The number of hydrogen-bond donors (Lipinski definition) is 3. The summed E-state index contributed by atoms with van der Waals surface area (Å²) in [6.07, 6.45) is 1.03. The van der Waals surface area contributed by atoms with Gasteiger partial charge >= 0.3 is 5.97 Å². The molecule has 1 aromatic rings. The van der Waals surface area contributed by atoms with Gasteiger partial charge in [-0.05, 0) is 0 Å². The van der Waals surface area contributed by atoms with Gasteiger partial charge in [-0.1, -0.05) is 0 Å². The first kappa shape index (κ1) is 8.54. The molecule has 0 aliphatic heterocycles. The Morgan fingerprint density at radius 2 is 2.33 bits per heavy atom. The van der Waals surface area contributed by atoms with E-state index in [2.05, 4.69) is 5.10 Å². The zero-order valence-electron chi connectivity index (χ0n) is 6.14. The summed E-state index contributed by atoms with van der Waals surface area (Å²) in [6, 6.07) is 0. The summed E-state index contributed by atoms with van der Waals surface area (Å²) in [5, 5.41) is 29.6.